The zero-order valence-electron chi connectivity index (χ0n) is 11.2. The average molecular weight is 291 g/mol. The van der Waals surface area contributed by atoms with E-state index in [9.17, 15) is 5.11 Å². The minimum Gasteiger partial charge on any atom is -0.392 e. The SMILES string of the molecule is Cc1cccc(SCc2noc([C@H]3C[C@@H](O)CN3)n2)c1. The zero-order chi connectivity index (χ0) is 13.9. The number of hydrogen-bond acceptors (Lipinski definition) is 6. The molecule has 3 rings (SSSR count). The fourth-order valence-corrected chi connectivity index (χ4v) is 3.08. The highest BCUT2D eigenvalue weighted by molar-refractivity contribution is 7.98. The van der Waals surface area contributed by atoms with Gasteiger partial charge in [0.1, 0.15) is 0 Å². The molecule has 0 radical (unpaired) electrons. The standard InChI is InChI=1S/C14H17N3O2S/c1-9-3-2-4-11(5-9)20-8-13-16-14(19-17-13)12-6-10(18)7-15-12/h2-5,10,12,15,18H,6-8H2,1H3/t10-,12-/m1/s1. The van der Waals surface area contributed by atoms with Gasteiger partial charge in [-0.1, -0.05) is 22.9 Å². The number of benzene rings is 1. The van der Waals surface area contributed by atoms with Crippen molar-refractivity contribution in [3.63, 3.8) is 0 Å². The quantitative estimate of drug-likeness (QED) is 0.840. The Balaban J connectivity index is 1.60. The van der Waals surface area contributed by atoms with Crippen LogP contribution in [0, 0.1) is 6.92 Å². The molecule has 1 aromatic heterocycles. The summed E-state index contributed by atoms with van der Waals surface area (Å²) < 4.78 is 5.26. The maximum atomic E-state index is 9.49. The molecule has 2 N–H and O–H groups in total. The maximum absolute atomic E-state index is 9.49. The number of rotatable bonds is 4. The van der Waals surface area contributed by atoms with Gasteiger partial charge >= 0.3 is 0 Å². The van der Waals surface area contributed by atoms with E-state index >= 15 is 0 Å². The molecule has 2 atom stereocenters. The predicted molar refractivity (Wildman–Crippen MR) is 76.4 cm³/mol. The molecular weight excluding hydrogens is 274 g/mol. The first kappa shape index (κ1) is 13.6. The predicted octanol–water partition coefficient (Wildman–Crippen LogP) is 2.07. The van der Waals surface area contributed by atoms with Crippen LogP contribution in [-0.4, -0.2) is 27.9 Å². The van der Waals surface area contributed by atoms with Crippen LogP contribution < -0.4 is 5.32 Å². The van der Waals surface area contributed by atoms with Crippen LogP contribution in [0.3, 0.4) is 0 Å². The third kappa shape index (κ3) is 3.20. The second-order valence-corrected chi connectivity index (χ2v) is 6.05. The number of aryl methyl sites for hydroxylation is 1. The Hall–Kier alpha value is -1.37. The van der Waals surface area contributed by atoms with Gasteiger partial charge < -0.3 is 14.9 Å². The summed E-state index contributed by atoms with van der Waals surface area (Å²) in [6, 6.07) is 8.32. The highest BCUT2D eigenvalue weighted by atomic mass is 32.2. The molecule has 2 heterocycles. The molecule has 6 heteroatoms. The lowest BCUT2D eigenvalue weighted by molar-refractivity contribution is 0.191. The van der Waals surface area contributed by atoms with Crippen molar-refractivity contribution in [2.24, 2.45) is 0 Å². The highest BCUT2D eigenvalue weighted by Crippen LogP contribution is 2.25. The Morgan fingerprint density at radius 2 is 2.40 bits per heavy atom. The third-order valence-electron chi connectivity index (χ3n) is 3.25. The molecule has 0 spiro atoms. The smallest absolute Gasteiger partial charge is 0.243 e. The molecule has 0 amide bonds. The van der Waals surface area contributed by atoms with Crippen molar-refractivity contribution in [3.8, 4) is 0 Å². The van der Waals surface area contributed by atoms with Crippen LogP contribution in [0.25, 0.3) is 0 Å². The Morgan fingerprint density at radius 1 is 1.50 bits per heavy atom. The van der Waals surface area contributed by atoms with Crippen LogP contribution in [0.4, 0.5) is 0 Å². The summed E-state index contributed by atoms with van der Waals surface area (Å²) in [7, 11) is 0. The molecule has 20 heavy (non-hydrogen) atoms. The molecule has 0 unspecified atom stereocenters. The van der Waals surface area contributed by atoms with Gasteiger partial charge in [0.25, 0.3) is 0 Å². The topological polar surface area (TPSA) is 71.2 Å². The van der Waals surface area contributed by atoms with Gasteiger partial charge in [-0.15, -0.1) is 11.8 Å². The number of hydrogen-bond donors (Lipinski definition) is 2. The molecule has 1 aromatic carbocycles. The summed E-state index contributed by atoms with van der Waals surface area (Å²) in [5, 5.41) is 16.6. The molecule has 2 aromatic rings. The van der Waals surface area contributed by atoms with E-state index in [1.165, 1.54) is 10.5 Å². The van der Waals surface area contributed by atoms with Crippen molar-refractivity contribution in [1.82, 2.24) is 15.5 Å². The summed E-state index contributed by atoms with van der Waals surface area (Å²) in [5.74, 6) is 1.94. The maximum Gasteiger partial charge on any atom is 0.243 e. The van der Waals surface area contributed by atoms with Crippen LogP contribution in [0.2, 0.25) is 0 Å². The summed E-state index contributed by atoms with van der Waals surface area (Å²) in [6.45, 7) is 2.66. The number of nitrogens with one attached hydrogen (secondary N) is 1. The van der Waals surface area contributed by atoms with Crippen LogP contribution >= 0.6 is 11.8 Å². The van der Waals surface area contributed by atoms with Crippen LogP contribution in [0.1, 0.15) is 29.7 Å². The molecule has 1 aliphatic heterocycles. The van der Waals surface area contributed by atoms with Crippen molar-refractivity contribution in [2.75, 3.05) is 6.54 Å². The van der Waals surface area contributed by atoms with E-state index in [1.807, 2.05) is 6.07 Å². The minimum absolute atomic E-state index is 0.0183. The molecule has 0 bridgehead atoms. The van der Waals surface area contributed by atoms with Crippen LogP contribution in [0.5, 0.6) is 0 Å². The first-order valence-corrected chi connectivity index (χ1v) is 7.62. The largest absolute Gasteiger partial charge is 0.392 e. The summed E-state index contributed by atoms with van der Waals surface area (Å²) in [4.78, 5) is 5.59. The number of nitrogens with zero attached hydrogens (tertiary/aromatic N) is 2. The molecule has 0 saturated carbocycles. The van der Waals surface area contributed by atoms with Crippen molar-refractivity contribution < 1.29 is 9.63 Å². The van der Waals surface area contributed by atoms with Crippen molar-refractivity contribution in [1.29, 1.82) is 0 Å². The summed E-state index contributed by atoms with van der Waals surface area (Å²) in [6.07, 6.45) is 0.309. The highest BCUT2D eigenvalue weighted by Gasteiger charge is 2.27. The molecule has 1 aliphatic rings. The van der Waals surface area contributed by atoms with Gasteiger partial charge in [-0.25, -0.2) is 0 Å². The van der Waals surface area contributed by atoms with E-state index in [4.69, 9.17) is 4.52 Å². The van der Waals surface area contributed by atoms with Gasteiger partial charge in [0, 0.05) is 11.4 Å². The van der Waals surface area contributed by atoms with Crippen molar-refractivity contribution in [2.45, 2.75) is 36.1 Å². The Labute approximate surface area is 121 Å². The first-order valence-electron chi connectivity index (χ1n) is 6.64. The Morgan fingerprint density at radius 3 is 3.15 bits per heavy atom. The van der Waals surface area contributed by atoms with Gasteiger partial charge in [-0.05, 0) is 25.5 Å². The Bertz CT molecular complexity index is 587. The van der Waals surface area contributed by atoms with Crippen molar-refractivity contribution in [3.05, 3.63) is 41.5 Å². The third-order valence-corrected chi connectivity index (χ3v) is 4.24. The monoisotopic (exact) mass is 291 g/mol. The van der Waals surface area contributed by atoms with Gasteiger partial charge in [-0.3, -0.25) is 0 Å². The summed E-state index contributed by atoms with van der Waals surface area (Å²) >= 11 is 1.69. The van der Waals surface area contributed by atoms with Crippen molar-refractivity contribution >= 4 is 11.8 Å². The van der Waals surface area contributed by atoms with E-state index < -0.39 is 0 Å². The fraction of sp³-hybridized carbons (Fsp3) is 0.429. The lowest BCUT2D eigenvalue weighted by Gasteiger charge is -2.01. The fourth-order valence-electron chi connectivity index (χ4n) is 2.23. The molecule has 1 saturated heterocycles. The van der Waals surface area contributed by atoms with Crippen LogP contribution in [-0.2, 0) is 5.75 Å². The molecule has 0 aliphatic carbocycles. The molecule has 5 nitrogen and oxygen atoms in total. The lowest BCUT2D eigenvalue weighted by Crippen LogP contribution is -2.15. The second kappa shape index (κ2) is 5.95. The van der Waals surface area contributed by atoms with E-state index in [1.54, 1.807) is 11.8 Å². The minimum atomic E-state index is -0.322. The van der Waals surface area contributed by atoms with E-state index in [0.717, 1.165) is 0 Å². The van der Waals surface area contributed by atoms with Crippen LogP contribution in [0.15, 0.2) is 33.7 Å². The number of thioether (sulfide) groups is 1. The van der Waals surface area contributed by atoms with E-state index in [-0.39, 0.29) is 12.1 Å². The Kier molecular flexibility index (Phi) is 4.05. The van der Waals surface area contributed by atoms with Gasteiger partial charge in [0.05, 0.1) is 17.9 Å². The van der Waals surface area contributed by atoms with E-state index in [0.29, 0.717) is 30.4 Å². The van der Waals surface area contributed by atoms with Gasteiger partial charge in [0.15, 0.2) is 5.82 Å². The second-order valence-electron chi connectivity index (χ2n) is 5.00. The van der Waals surface area contributed by atoms with Gasteiger partial charge in [0.2, 0.25) is 5.89 Å². The number of aliphatic hydroxyl groups excluding tert-OH is 1. The van der Waals surface area contributed by atoms with Gasteiger partial charge in [-0.2, -0.15) is 4.98 Å². The van der Waals surface area contributed by atoms with E-state index in [2.05, 4.69) is 40.6 Å². The number of β-amino-alcohol motifs (C(OH)–C–C–N with tert-alkyl or cyclic N) is 1. The molecule has 1 fully saturated rings. The number of aliphatic hydroxyl groups is 1. The molecular formula is C14H17N3O2S. The lowest BCUT2D eigenvalue weighted by atomic mass is 10.2. The average Bonchev–Trinajstić information content (AvgIpc) is 3.05. The summed E-state index contributed by atoms with van der Waals surface area (Å²) in [5.41, 5.74) is 1.24. The molecule has 106 valence electrons. The first-order chi connectivity index (χ1) is 9.70. The normalized spacial score (nSPS) is 22.3. The number of aromatic nitrogens is 2. The zero-order valence-corrected chi connectivity index (χ0v) is 12.1.